The zero-order chi connectivity index (χ0) is 15.9. The third kappa shape index (κ3) is 5.09. The summed E-state index contributed by atoms with van der Waals surface area (Å²) in [7, 11) is 1.67. The quantitative estimate of drug-likeness (QED) is 0.766. The van der Waals surface area contributed by atoms with Crippen molar-refractivity contribution in [2.75, 3.05) is 59.6 Å². The summed E-state index contributed by atoms with van der Waals surface area (Å²) in [5.41, 5.74) is 0. The van der Waals surface area contributed by atoms with E-state index in [2.05, 4.69) is 9.80 Å². The number of ether oxygens (including phenoxy) is 3. The van der Waals surface area contributed by atoms with Crippen molar-refractivity contribution in [3.05, 3.63) is 24.3 Å². The van der Waals surface area contributed by atoms with E-state index in [1.165, 1.54) is 12.8 Å². The summed E-state index contributed by atoms with van der Waals surface area (Å²) in [6.45, 7) is 8.31. The first-order valence-corrected chi connectivity index (χ1v) is 8.66. The van der Waals surface area contributed by atoms with Crippen LogP contribution in [0.5, 0.6) is 11.5 Å². The maximum Gasteiger partial charge on any atom is 0.119 e. The summed E-state index contributed by atoms with van der Waals surface area (Å²) >= 11 is 0. The van der Waals surface area contributed by atoms with Crippen LogP contribution in [0.1, 0.15) is 12.8 Å². The fourth-order valence-electron chi connectivity index (χ4n) is 3.24. The van der Waals surface area contributed by atoms with Gasteiger partial charge in [0, 0.05) is 45.9 Å². The Bertz CT molecular complexity index is 452. The average molecular weight is 320 g/mol. The molecular weight excluding hydrogens is 292 g/mol. The van der Waals surface area contributed by atoms with Gasteiger partial charge >= 0.3 is 0 Å². The minimum Gasteiger partial charge on any atom is -0.497 e. The van der Waals surface area contributed by atoms with E-state index >= 15 is 0 Å². The van der Waals surface area contributed by atoms with Crippen molar-refractivity contribution in [2.45, 2.75) is 18.9 Å². The highest BCUT2D eigenvalue weighted by Gasteiger charge is 2.22. The van der Waals surface area contributed by atoms with E-state index in [1.807, 2.05) is 24.3 Å². The van der Waals surface area contributed by atoms with Crippen LogP contribution in [-0.4, -0.2) is 75.5 Å². The van der Waals surface area contributed by atoms with Gasteiger partial charge in [0.15, 0.2) is 0 Å². The number of benzene rings is 1. The Labute approximate surface area is 139 Å². The molecule has 0 amide bonds. The maximum atomic E-state index is 5.81. The maximum absolute atomic E-state index is 5.81. The lowest BCUT2D eigenvalue weighted by Gasteiger charge is -2.35. The molecule has 2 aliphatic rings. The molecule has 23 heavy (non-hydrogen) atoms. The van der Waals surface area contributed by atoms with Crippen molar-refractivity contribution < 1.29 is 14.2 Å². The van der Waals surface area contributed by atoms with Crippen molar-refractivity contribution in [1.82, 2.24) is 9.80 Å². The van der Waals surface area contributed by atoms with E-state index in [4.69, 9.17) is 14.2 Å². The van der Waals surface area contributed by atoms with Gasteiger partial charge in [-0.2, -0.15) is 0 Å². The third-order valence-corrected chi connectivity index (χ3v) is 4.69. The molecule has 128 valence electrons. The first-order valence-electron chi connectivity index (χ1n) is 8.66. The van der Waals surface area contributed by atoms with Crippen LogP contribution in [0.2, 0.25) is 0 Å². The fourth-order valence-corrected chi connectivity index (χ4v) is 3.24. The standard InChI is InChI=1S/C18H28N2O3/c1-21-16-4-6-17(7-5-16)23-14-12-19-8-10-20(11-9-19)15-18-3-2-13-22-18/h4-7,18H,2-3,8-15H2,1H3. The number of piperazine rings is 1. The van der Waals surface area contributed by atoms with Crippen molar-refractivity contribution in [2.24, 2.45) is 0 Å². The number of nitrogens with zero attached hydrogens (tertiary/aromatic N) is 2. The first kappa shape index (κ1) is 16.6. The molecular formula is C18H28N2O3. The van der Waals surface area contributed by atoms with Crippen LogP contribution in [0, 0.1) is 0 Å². The molecule has 1 aromatic rings. The highest BCUT2D eigenvalue weighted by atomic mass is 16.5. The second kappa shape index (κ2) is 8.52. The highest BCUT2D eigenvalue weighted by molar-refractivity contribution is 5.31. The monoisotopic (exact) mass is 320 g/mol. The van der Waals surface area contributed by atoms with Crippen LogP contribution < -0.4 is 9.47 Å². The molecule has 0 aromatic heterocycles. The van der Waals surface area contributed by atoms with Gasteiger partial charge in [-0.1, -0.05) is 0 Å². The summed E-state index contributed by atoms with van der Waals surface area (Å²) in [5, 5.41) is 0. The smallest absolute Gasteiger partial charge is 0.119 e. The Balaban J connectivity index is 1.31. The van der Waals surface area contributed by atoms with Gasteiger partial charge in [0.25, 0.3) is 0 Å². The summed E-state index contributed by atoms with van der Waals surface area (Å²) in [5.74, 6) is 1.77. The fraction of sp³-hybridized carbons (Fsp3) is 0.667. The van der Waals surface area contributed by atoms with Gasteiger partial charge in [0.1, 0.15) is 18.1 Å². The second-order valence-corrected chi connectivity index (χ2v) is 6.30. The minimum absolute atomic E-state index is 0.472. The predicted octanol–water partition coefficient (Wildman–Crippen LogP) is 1.87. The zero-order valence-corrected chi connectivity index (χ0v) is 14.1. The number of hydrogen-bond donors (Lipinski definition) is 0. The Kier molecular flexibility index (Phi) is 6.13. The van der Waals surface area contributed by atoms with Gasteiger partial charge in [0.05, 0.1) is 13.2 Å². The molecule has 0 aliphatic carbocycles. The van der Waals surface area contributed by atoms with E-state index in [0.717, 1.165) is 64.0 Å². The largest absolute Gasteiger partial charge is 0.497 e. The van der Waals surface area contributed by atoms with Gasteiger partial charge in [-0.25, -0.2) is 0 Å². The van der Waals surface area contributed by atoms with Crippen LogP contribution >= 0.6 is 0 Å². The summed E-state index contributed by atoms with van der Waals surface area (Å²) in [6, 6.07) is 7.77. The third-order valence-electron chi connectivity index (χ3n) is 4.69. The zero-order valence-electron chi connectivity index (χ0n) is 14.1. The Morgan fingerprint density at radius 2 is 1.74 bits per heavy atom. The van der Waals surface area contributed by atoms with Crippen molar-refractivity contribution in [3.63, 3.8) is 0 Å². The molecule has 0 spiro atoms. The SMILES string of the molecule is COc1ccc(OCCN2CCN(CC3CCCO3)CC2)cc1. The summed E-state index contributed by atoms with van der Waals surface area (Å²) < 4.78 is 16.7. The molecule has 5 heteroatoms. The molecule has 1 aromatic carbocycles. The Hall–Kier alpha value is -1.30. The van der Waals surface area contributed by atoms with E-state index in [-0.39, 0.29) is 0 Å². The molecule has 0 radical (unpaired) electrons. The van der Waals surface area contributed by atoms with Crippen molar-refractivity contribution >= 4 is 0 Å². The van der Waals surface area contributed by atoms with Gasteiger partial charge < -0.3 is 14.2 Å². The minimum atomic E-state index is 0.472. The van der Waals surface area contributed by atoms with E-state index in [9.17, 15) is 0 Å². The first-order chi connectivity index (χ1) is 11.3. The highest BCUT2D eigenvalue weighted by Crippen LogP contribution is 2.17. The molecule has 2 heterocycles. The van der Waals surface area contributed by atoms with Crippen molar-refractivity contribution in [3.8, 4) is 11.5 Å². The predicted molar refractivity (Wildman–Crippen MR) is 90.3 cm³/mol. The van der Waals surface area contributed by atoms with E-state index in [0.29, 0.717) is 6.10 Å². The van der Waals surface area contributed by atoms with Gasteiger partial charge in [-0.15, -0.1) is 0 Å². The lowest BCUT2D eigenvalue weighted by molar-refractivity contribution is 0.0478. The van der Waals surface area contributed by atoms with Gasteiger partial charge in [-0.05, 0) is 37.1 Å². The van der Waals surface area contributed by atoms with Crippen molar-refractivity contribution in [1.29, 1.82) is 0 Å². The van der Waals surface area contributed by atoms with Crippen LogP contribution in [0.15, 0.2) is 24.3 Å². The summed E-state index contributed by atoms with van der Waals surface area (Å²) in [6.07, 6.45) is 2.93. The summed E-state index contributed by atoms with van der Waals surface area (Å²) in [4.78, 5) is 5.02. The van der Waals surface area contributed by atoms with E-state index in [1.54, 1.807) is 7.11 Å². The van der Waals surface area contributed by atoms with Gasteiger partial charge in [-0.3, -0.25) is 9.80 Å². The molecule has 0 N–H and O–H groups in total. The second-order valence-electron chi connectivity index (χ2n) is 6.30. The Morgan fingerprint density at radius 1 is 1.04 bits per heavy atom. The van der Waals surface area contributed by atoms with Crippen LogP contribution in [0.3, 0.4) is 0 Å². The van der Waals surface area contributed by atoms with E-state index < -0.39 is 0 Å². The number of methoxy groups -OCH3 is 1. The van der Waals surface area contributed by atoms with Crippen LogP contribution in [0.25, 0.3) is 0 Å². The molecule has 2 aliphatic heterocycles. The molecule has 0 bridgehead atoms. The molecule has 1 unspecified atom stereocenters. The van der Waals surface area contributed by atoms with Crippen LogP contribution in [0.4, 0.5) is 0 Å². The number of hydrogen-bond acceptors (Lipinski definition) is 5. The van der Waals surface area contributed by atoms with Crippen LogP contribution in [-0.2, 0) is 4.74 Å². The lowest BCUT2D eigenvalue weighted by Crippen LogP contribution is -2.49. The molecule has 2 fully saturated rings. The average Bonchev–Trinajstić information content (AvgIpc) is 3.10. The normalized spacial score (nSPS) is 23.1. The molecule has 5 nitrogen and oxygen atoms in total. The molecule has 0 saturated carbocycles. The lowest BCUT2D eigenvalue weighted by atomic mass is 10.2. The molecule has 2 saturated heterocycles. The topological polar surface area (TPSA) is 34.2 Å². The molecule has 3 rings (SSSR count). The Morgan fingerprint density at radius 3 is 2.39 bits per heavy atom. The number of rotatable bonds is 7. The van der Waals surface area contributed by atoms with Gasteiger partial charge in [0.2, 0.25) is 0 Å². The molecule has 1 atom stereocenters.